The van der Waals surface area contributed by atoms with Crippen molar-refractivity contribution in [1.82, 2.24) is 4.72 Å². The number of benzene rings is 1. The van der Waals surface area contributed by atoms with Gasteiger partial charge < -0.3 is 9.84 Å². The highest BCUT2D eigenvalue weighted by molar-refractivity contribution is 7.89. The van der Waals surface area contributed by atoms with Gasteiger partial charge in [0.15, 0.2) is 0 Å². The van der Waals surface area contributed by atoms with Crippen molar-refractivity contribution in [3.05, 3.63) is 24.3 Å². The fourth-order valence-corrected chi connectivity index (χ4v) is 3.64. The first kappa shape index (κ1) is 16.3. The Bertz CT molecular complexity index is 541. The first-order valence-corrected chi connectivity index (χ1v) is 8.91. The van der Waals surface area contributed by atoms with E-state index in [2.05, 4.69) is 11.6 Å². The standard InChI is InChI=1S/C15H23NO4S/c1-2-4-12-11-15(12)16-21(18,19)14-7-5-13(6-8-14)20-10-3-9-17/h5-8,12,15-17H,2-4,9-11H2,1H3. The number of ether oxygens (including phenoxy) is 1. The molecule has 21 heavy (non-hydrogen) atoms. The lowest BCUT2D eigenvalue weighted by molar-refractivity contribution is 0.233. The van der Waals surface area contributed by atoms with Crippen molar-refractivity contribution in [2.75, 3.05) is 13.2 Å². The number of rotatable bonds is 9. The highest BCUT2D eigenvalue weighted by Crippen LogP contribution is 2.35. The third kappa shape index (κ3) is 4.69. The fourth-order valence-electron chi connectivity index (χ4n) is 2.32. The van der Waals surface area contributed by atoms with Crippen LogP contribution in [0.25, 0.3) is 0 Å². The van der Waals surface area contributed by atoms with Crippen molar-refractivity contribution < 1.29 is 18.3 Å². The van der Waals surface area contributed by atoms with Gasteiger partial charge in [-0.05, 0) is 43.0 Å². The minimum Gasteiger partial charge on any atom is -0.494 e. The van der Waals surface area contributed by atoms with E-state index in [0.717, 1.165) is 19.3 Å². The Kier molecular flexibility index (Phi) is 5.61. The molecule has 5 nitrogen and oxygen atoms in total. The zero-order valence-corrected chi connectivity index (χ0v) is 13.1. The molecule has 118 valence electrons. The van der Waals surface area contributed by atoms with Gasteiger partial charge in [-0.2, -0.15) is 0 Å². The van der Waals surface area contributed by atoms with Crippen LogP contribution < -0.4 is 9.46 Å². The highest BCUT2D eigenvalue weighted by atomic mass is 32.2. The molecule has 0 bridgehead atoms. The second kappa shape index (κ2) is 7.24. The lowest BCUT2D eigenvalue weighted by Gasteiger charge is -2.08. The minimum absolute atomic E-state index is 0.0801. The molecular formula is C15H23NO4S. The molecule has 2 rings (SSSR count). The molecule has 0 saturated heterocycles. The van der Waals surface area contributed by atoms with E-state index in [1.54, 1.807) is 24.3 Å². The zero-order valence-electron chi connectivity index (χ0n) is 12.3. The molecule has 1 aliphatic rings. The van der Waals surface area contributed by atoms with Gasteiger partial charge in [0.2, 0.25) is 10.0 Å². The van der Waals surface area contributed by atoms with Gasteiger partial charge in [0.25, 0.3) is 0 Å². The Labute approximate surface area is 126 Å². The number of hydrogen-bond acceptors (Lipinski definition) is 4. The van der Waals surface area contributed by atoms with Gasteiger partial charge in [0.1, 0.15) is 5.75 Å². The van der Waals surface area contributed by atoms with E-state index in [1.165, 1.54) is 0 Å². The van der Waals surface area contributed by atoms with Crippen LogP contribution in [0.5, 0.6) is 5.75 Å². The lowest BCUT2D eigenvalue weighted by Crippen LogP contribution is -2.27. The van der Waals surface area contributed by atoms with E-state index in [1.807, 2.05) is 0 Å². The van der Waals surface area contributed by atoms with Crippen molar-refractivity contribution in [2.45, 2.75) is 43.5 Å². The highest BCUT2D eigenvalue weighted by Gasteiger charge is 2.39. The van der Waals surface area contributed by atoms with E-state index >= 15 is 0 Å². The largest absolute Gasteiger partial charge is 0.494 e. The smallest absolute Gasteiger partial charge is 0.240 e. The fraction of sp³-hybridized carbons (Fsp3) is 0.600. The first-order valence-electron chi connectivity index (χ1n) is 7.43. The lowest BCUT2D eigenvalue weighted by atomic mass is 10.2. The molecule has 2 unspecified atom stereocenters. The van der Waals surface area contributed by atoms with E-state index in [9.17, 15) is 8.42 Å². The Morgan fingerprint density at radius 1 is 1.33 bits per heavy atom. The predicted octanol–water partition coefficient (Wildman–Crippen LogP) is 1.91. The molecule has 0 spiro atoms. The molecule has 0 amide bonds. The van der Waals surface area contributed by atoms with E-state index < -0.39 is 10.0 Å². The molecule has 1 aromatic carbocycles. The molecule has 1 fully saturated rings. The molecule has 2 atom stereocenters. The topological polar surface area (TPSA) is 75.6 Å². The van der Waals surface area contributed by atoms with Crippen molar-refractivity contribution >= 4 is 10.0 Å². The zero-order chi connectivity index (χ0) is 15.3. The molecular weight excluding hydrogens is 290 g/mol. The van der Waals surface area contributed by atoms with E-state index in [-0.39, 0.29) is 17.5 Å². The third-order valence-electron chi connectivity index (χ3n) is 3.59. The number of aliphatic hydroxyl groups excluding tert-OH is 1. The molecule has 6 heteroatoms. The normalized spacial score (nSPS) is 21.2. The van der Waals surface area contributed by atoms with Gasteiger partial charge in [-0.3, -0.25) is 0 Å². The van der Waals surface area contributed by atoms with Crippen LogP contribution >= 0.6 is 0 Å². The maximum atomic E-state index is 12.2. The van der Waals surface area contributed by atoms with E-state index in [4.69, 9.17) is 9.84 Å². The molecule has 0 radical (unpaired) electrons. The summed E-state index contributed by atoms with van der Waals surface area (Å²) in [5.74, 6) is 1.10. The van der Waals surface area contributed by atoms with Crippen LogP contribution in [0.1, 0.15) is 32.6 Å². The summed E-state index contributed by atoms with van der Waals surface area (Å²) in [6.07, 6.45) is 3.66. The monoisotopic (exact) mass is 313 g/mol. The van der Waals surface area contributed by atoms with Crippen molar-refractivity contribution in [1.29, 1.82) is 0 Å². The number of aliphatic hydroxyl groups is 1. The maximum Gasteiger partial charge on any atom is 0.240 e. The molecule has 2 N–H and O–H groups in total. The van der Waals surface area contributed by atoms with Crippen LogP contribution in [0.3, 0.4) is 0 Å². The second-order valence-corrected chi connectivity index (χ2v) is 7.12. The summed E-state index contributed by atoms with van der Waals surface area (Å²) in [5, 5.41) is 8.68. The molecule has 1 aromatic rings. The first-order chi connectivity index (χ1) is 10.1. The summed E-state index contributed by atoms with van der Waals surface area (Å²) in [4.78, 5) is 0.263. The SMILES string of the molecule is CCCC1CC1NS(=O)(=O)c1ccc(OCCCO)cc1. The van der Waals surface area contributed by atoms with Crippen molar-refractivity contribution in [3.63, 3.8) is 0 Å². The number of hydrogen-bond donors (Lipinski definition) is 2. The molecule has 0 aliphatic heterocycles. The second-order valence-electron chi connectivity index (χ2n) is 5.41. The van der Waals surface area contributed by atoms with Crippen LogP contribution in [0.4, 0.5) is 0 Å². The van der Waals surface area contributed by atoms with Gasteiger partial charge in [0, 0.05) is 19.1 Å². The van der Waals surface area contributed by atoms with Gasteiger partial charge in [-0.15, -0.1) is 0 Å². The van der Waals surface area contributed by atoms with Crippen LogP contribution in [0, 0.1) is 5.92 Å². The predicted molar refractivity (Wildman–Crippen MR) is 80.8 cm³/mol. The van der Waals surface area contributed by atoms with Crippen LogP contribution in [0.15, 0.2) is 29.2 Å². The molecule has 1 saturated carbocycles. The number of sulfonamides is 1. The average Bonchev–Trinajstić information content (AvgIpc) is 3.17. The number of nitrogens with one attached hydrogen (secondary N) is 1. The molecule has 0 aromatic heterocycles. The van der Waals surface area contributed by atoms with Crippen LogP contribution in [0.2, 0.25) is 0 Å². The quantitative estimate of drug-likeness (QED) is 0.683. The summed E-state index contributed by atoms with van der Waals surface area (Å²) >= 11 is 0. The Balaban J connectivity index is 1.91. The Morgan fingerprint density at radius 3 is 2.67 bits per heavy atom. The Hall–Kier alpha value is -1.11. The Morgan fingerprint density at radius 2 is 2.05 bits per heavy atom. The summed E-state index contributed by atoms with van der Waals surface area (Å²) < 4.78 is 32.6. The van der Waals surface area contributed by atoms with Gasteiger partial charge in [-0.25, -0.2) is 13.1 Å². The minimum atomic E-state index is -3.44. The van der Waals surface area contributed by atoms with Crippen molar-refractivity contribution in [3.8, 4) is 5.75 Å². The average molecular weight is 313 g/mol. The van der Waals surface area contributed by atoms with E-state index in [0.29, 0.717) is 24.7 Å². The van der Waals surface area contributed by atoms with Crippen LogP contribution in [-0.2, 0) is 10.0 Å². The van der Waals surface area contributed by atoms with Gasteiger partial charge in [0.05, 0.1) is 11.5 Å². The van der Waals surface area contributed by atoms with Gasteiger partial charge >= 0.3 is 0 Å². The maximum absolute atomic E-state index is 12.2. The summed E-state index contributed by atoms with van der Waals surface area (Å²) in [7, 11) is -3.44. The summed E-state index contributed by atoms with van der Waals surface area (Å²) in [6.45, 7) is 2.61. The summed E-state index contributed by atoms with van der Waals surface area (Å²) in [6, 6.07) is 6.47. The third-order valence-corrected chi connectivity index (χ3v) is 5.10. The van der Waals surface area contributed by atoms with Crippen LogP contribution in [-0.4, -0.2) is 32.8 Å². The molecule has 0 heterocycles. The van der Waals surface area contributed by atoms with Crippen molar-refractivity contribution in [2.24, 2.45) is 5.92 Å². The van der Waals surface area contributed by atoms with Gasteiger partial charge in [-0.1, -0.05) is 13.3 Å². The summed E-state index contributed by atoms with van der Waals surface area (Å²) in [5.41, 5.74) is 0. The molecule has 1 aliphatic carbocycles.